The molecule has 5 nitrogen and oxygen atoms in total. The molecule has 1 aliphatic heterocycles. The number of pyridine rings is 1. The first kappa shape index (κ1) is 12.6. The van der Waals surface area contributed by atoms with Crippen LogP contribution in [-0.4, -0.2) is 25.2 Å². The van der Waals surface area contributed by atoms with Crippen molar-refractivity contribution >= 4 is 17.2 Å². The lowest BCUT2D eigenvalue weighted by atomic mass is 10.2. The molecule has 0 spiro atoms. The summed E-state index contributed by atoms with van der Waals surface area (Å²) in [5, 5.41) is 6.35. The van der Waals surface area contributed by atoms with Crippen molar-refractivity contribution in [2.45, 2.75) is 6.42 Å². The first-order chi connectivity index (χ1) is 9.85. The van der Waals surface area contributed by atoms with Crippen LogP contribution in [0, 0.1) is 0 Å². The second-order valence-electron chi connectivity index (χ2n) is 4.52. The summed E-state index contributed by atoms with van der Waals surface area (Å²) in [4.78, 5) is 4.19. The van der Waals surface area contributed by atoms with Crippen molar-refractivity contribution < 1.29 is 9.47 Å². The van der Waals surface area contributed by atoms with Crippen LogP contribution in [0.1, 0.15) is 6.42 Å². The fraction of sp³-hybridized carbons (Fsp3) is 0.267. The molecule has 20 heavy (non-hydrogen) atoms. The summed E-state index contributed by atoms with van der Waals surface area (Å²) in [5.41, 5.74) is 1.93. The predicted molar refractivity (Wildman–Crippen MR) is 79.1 cm³/mol. The fourth-order valence-corrected chi connectivity index (χ4v) is 2.05. The molecular weight excluding hydrogens is 254 g/mol. The van der Waals surface area contributed by atoms with E-state index in [1.165, 1.54) is 0 Å². The highest BCUT2D eigenvalue weighted by Crippen LogP contribution is 2.33. The van der Waals surface area contributed by atoms with Gasteiger partial charge in [0.05, 0.1) is 13.2 Å². The molecule has 2 N–H and O–H groups in total. The Balaban J connectivity index is 1.82. The SMILES string of the molecule is CNc1cc(Nc2ccc3c(c2)OCCCO3)ccn1. The Labute approximate surface area is 117 Å². The Morgan fingerprint density at radius 1 is 1.00 bits per heavy atom. The number of nitrogens with zero attached hydrogens (tertiary/aromatic N) is 1. The highest BCUT2D eigenvalue weighted by molar-refractivity contribution is 5.65. The Hall–Kier alpha value is -2.43. The number of nitrogens with one attached hydrogen (secondary N) is 2. The minimum absolute atomic E-state index is 0.690. The largest absolute Gasteiger partial charge is 0.490 e. The van der Waals surface area contributed by atoms with Crippen molar-refractivity contribution in [2.24, 2.45) is 0 Å². The number of benzene rings is 1. The van der Waals surface area contributed by atoms with E-state index in [0.29, 0.717) is 13.2 Å². The summed E-state index contributed by atoms with van der Waals surface area (Å²) in [6.45, 7) is 1.39. The lowest BCUT2D eigenvalue weighted by molar-refractivity contribution is 0.297. The number of rotatable bonds is 3. The second kappa shape index (κ2) is 5.69. The van der Waals surface area contributed by atoms with Gasteiger partial charge in [0.1, 0.15) is 5.82 Å². The zero-order valence-corrected chi connectivity index (χ0v) is 11.3. The van der Waals surface area contributed by atoms with Crippen molar-refractivity contribution in [2.75, 3.05) is 30.9 Å². The number of anilines is 3. The minimum Gasteiger partial charge on any atom is -0.490 e. The first-order valence-corrected chi connectivity index (χ1v) is 6.65. The van der Waals surface area contributed by atoms with Crippen LogP contribution in [0.25, 0.3) is 0 Å². The summed E-state index contributed by atoms with van der Waals surface area (Å²) in [5.74, 6) is 2.42. The van der Waals surface area contributed by atoms with Gasteiger partial charge in [-0.1, -0.05) is 0 Å². The molecule has 0 fully saturated rings. The van der Waals surface area contributed by atoms with Crippen LogP contribution in [-0.2, 0) is 0 Å². The minimum atomic E-state index is 0.690. The van der Waals surface area contributed by atoms with Crippen molar-refractivity contribution in [1.29, 1.82) is 0 Å². The van der Waals surface area contributed by atoms with Gasteiger partial charge >= 0.3 is 0 Å². The zero-order valence-electron chi connectivity index (χ0n) is 11.3. The standard InChI is InChI=1S/C15H17N3O2/c1-16-15-10-12(5-6-17-15)18-11-3-4-13-14(9-11)20-8-2-7-19-13/h3-6,9-10H,2,7-8H2,1H3,(H2,16,17,18). The molecule has 0 saturated carbocycles. The van der Waals surface area contributed by atoms with Crippen molar-refractivity contribution in [1.82, 2.24) is 4.98 Å². The maximum Gasteiger partial charge on any atom is 0.163 e. The van der Waals surface area contributed by atoms with Crippen LogP contribution in [0.15, 0.2) is 36.5 Å². The number of hydrogen-bond donors (Lipinski definition) is 2. The molecule has 0 amide bonds. The van der Waals surface area contributed by atoms with E-state index < -0.39 is 0 Å². The molecular formula is C15H17N3O2. The quantitative estimate of drug-likeness (QED) is 0.898. The average molecular weight is 271 g/mol. The molecule has 0 bridgehead atoms. The molecule has 5 heteroatoms. The Morgan fingerprint density at radius 3 is 2.65 bits per heavy atom. The first-order valence-electron chi connectivity index (χ1n) is 6.65. The molecule has 0 aliphatic carbocycles. The van der Waals surface area contributed by atoms with E-state index in [1.807, 2.05) is 37.4 Å². The Bertz CT molecular complexity index is 601. The average Bonchev–Trinajstić information content (AvgIpc) is 2.72. The van der Waals surface area contributed by atoms with Gasteiger partial charge in [-0.25, -0.2) is 4.98 Å². The van der Waals surface area contributed by atoms with Gasteiger partial charge < -0.3 is 20.1 Å². The van der Waals surface area contributed by atoms with Gasteiger partial charge in [-0.15, -0.1) is 0 Å². The monoisotopic (exact) mass is 271 g/mol. The third kappa shape index (κ3) is 2.77. The molecule has 2 heterocycles. The molecule has 0 atom stereocenters. The lowest BCUT2D eigenvalue weighted by Gasteiger charge is -2.11. The second-order valence-corrected chi connectivity index (χ2v) is 4.52. The molecule has 1 aromatic heterocycles. The van der Waals surface area contributed by atoms with E-state index in [-0.39, 0.29) is 0 Å². The molecule has 2 aromatic rings. The van der Waals surface area contributed by atoms with Gasteiger partial charge in [-0.2, -0.15) is 0 Å². The molecule has 104 valence electrons. The lowest BCUT2D eigenvalue weighted by Crippen LogP contribution is -1.97. The summed E-state index contributed by atoms with van der Waals surface area (Å²) in [7, 11) is 1.85. The van der Waals surface area contributed by atoms with Crippen molar-refractivity contribution in [3.63, 3.8) is 0 Å². The van der Waals surface area contributed by atoms with Crippen LogP contribution in [0.5, 0.6) is 11.5 Å². The van der Waals surface area contributed by atoms with Crippen LogP contribution >= 0.6 is 0 Å². The van der Waals surface area contributed by atoms with Crippen LogP contribution in [0.2, 0.25) is 0 Å². The molecule has 0 unspecified atom stereocenters. The molecule has 3 rings (SSSR count). The number of fused-ring (bicyclic) bond motifs is 1. The van der Waals surface area contributed by atoms with E-state index >= 15 is 0 Å². The van der Waals surface area contributed by atoms with Gasteiger partial charge in [0.25, 0.3) is 0 Å². The maximum absolute atomic E-state index is 5.68. The van der Waals surface area contributed by atoms with E-state index in [4.69, 9.17) is 9.47 Å². The highest BCUT2D eigenvalue weighted by atomic mass is 16.5. The van der Waals surface area contributed by atoms with E-state index in [1.54, 1.807) is 6.20 Å². The topological polar surface area (TPSA) is 55.4 Å². The van der Waals surface area contributed by atoms with Gasteiger partial charge in [-0.05, 0) is 18.2 Å². The number of ether oxygens (including phenoxy) is 2. The zero-order chi connectivity index (χ0) is 13.8. The molecule has 1 aromatic carbocycles. The maximum atomic E-state index is 5.68. The smallest absolute Gasteiger partial charge is 0.163 e. The Kier molecular flexibility index (Phi) is 3.58. The van der Waals surface area contributed by atoms with E-state index in [9.17, 15) is 0 Å². The van der Waals surface area contributed by atoms with Gasteiger partial charge in [0, 0.05) is 43.2 Å². The van der Waals surface area contributed by atoms with Crippen LogP contribution in [0.4, 0.5) is 17.2 Å². The summed E-state index contributed by atoms with van der Waals surface area (Å²) >= 11 is 0. The highest BCUT2D eigenvalue weighted by Gasteiger charge is 2.10. The van der Waals surface area contributed by atoms with Gasteiger partial charge in [-0.3, -0.25) is 0 Å². The third-order valence-electron chi connectivity index (χ3n) is 3.05. The van der Waals surface area contributed by atoms with E-state index in [2.05, 4.69) is 15.6 Å². The van der Waals surface area contributed by atoms with Crippen molar-refractivity contribution in [3.05, 3.63) is 36.5 Å². The molecule has 1 aliphatic rings. The van der Waals surface area contributed by atoms with Gasteiger partial charge in [0.15, 0.2) is 11.5 Å². The predicted octanol–water partition coefficient (Wildman–Crippen LogP) is 3.03. The van der Waals surface area contributed by atoms with Crippen LogP contribution < -0.4 is 20.1 Å². The molecule has 0 radical (unpaired) electrons. The van der Waals surface area contributed by atoms with Gasteiger partial charge in [0.2, 0.25) is 0 Å². The fourth-order valence-electron chi connectivity index (χ4n) is 2.05. The van der Waals surface area contributed by atoms with Crippen LogP contribution in [0.3, 0.4) is 0 Å². The van der Waals surface area contributed by atoms with Crippen molar-refractivity contribution in [3.8, 4) is 11.5 Å². The summed E-state index contributed by atoms with van der Waals surface area (Å²) in [6, 6.07) is 9.74. The third-order valence-corrected chi connectivity index (χ3v) is 3.05. The number of aromatic nitrogens is 1. The Morgan fingerprint density at radius 2 is 1.80 bits per heavy atom. The normalized spacial score (nSPS) is 13.4. The van der Waals surface area contributed by atoms with E-state index in [0.717, 1.165) is 35.1 Å². The molecule has 0 saturated heterocycles. The number of hydrogen-bond acceptors (Lipinski definition) is 5. The summed E-state index contributed by atoms with van der Waals surface area (Å²) < 4.78 is 11.3. The summed E-state index contributed by atoms with van der Waals surface area (Å²) in [6.07, 6.45) is 2.67.